The lowest BCUT2D eigenvalue weighted by atomic mass is 9.73. The SMILES string of the molecule is CCc1cc(Br)c(CC)c(O)c1C1(c2c(CC)cc(Br)c(CC)c2O)OC(=O)c2c(C(=O)O)cccc21. The Balaban J connectivity index is 2.33. The number of hydrogen-bond donors (Lipinski definition) is 3. The first kappa shape index (κ1) is 27.2. The number of benzene rings is 3. The highest BCUT2D eigenvalue weighted by Gasteiger charge is 2.55. The molecule has 0 fully saturated rings. The van der Waals surface area contributed by atoms with Crippen LogP contribution in [0.1, 0.15) is 87.4 Å². The molecule has 0 radical (unpaired) electrons. The number of aryl methyl sites for hydroxylation is 2. The van der Waals surface area contributed by atoms with Crippen LogP contribution in [0.3, 0.4) is 0 Å². The second-order valence-corrected chi connectivity index (χ2v) is 10.7. The highest BCUT2D eigenvalue weighted by Crippen LogP contribution is 2.57. The van der Waals surface area contributed by atoms with Gasteiger partial charge in [0.1, 0.15) is 11.5 Å². The second kappa shape index (κ2) is 10.1. The Bertz CT molecular complexity index is 1380. The Morgan fingerprint density at radius 1 is 0.865 bits per heavy atom. The summed E-state index contributed by atoms with van der Waals surface area (Å²) in [4.78, 5) is 25.7. The number of fused-ring (bicyclic) bond motifs is 1. The summed E-state index contributed by atoms with van der Waals surface area (Å²) >= 11 is 7.13. The van der Waals surface area contributed by atoms with Crippen molar-refractivity contribution in [1.29, 1.82) is 0 Å². The number of halogens is 2. The van der Waals surface area contributed by atoms with E-state index < -0.39 is 17.5 Å². The molecule has 1 aliphatic rings. The third-order valence-corrected chi connectivity index (χ3v) is 8.58. The molecule has 0 amide bonds. The van der Waals surface area contributed by atoms with Gasteiger partial charge in [-0.3, -0.25) is 0 Å². The van der Waals surface area contributed by atoms with E-state index in [0.717, 1.165) is 8.95 Å². The molecule has 0 bridgehead atoms. The van der Waals surface area contributed by atoms with Crippen LogP contribution in [0, 0.1) is 0 Å². The van der Waals surface area contributed by atoms with Crippen LogP contribution >= 0.6 is 31.9 Å². The van der Waals surface area contributed by atoms with Crippen molar-refractivity contribution < 1.29 is 29.6 Å². The molecule has 194 valence electrons. The first-order chi connectivity index (χ1) is 17.6. The van der Waals surface area contributed by atoms with Gasteiger partial charge in [0.15, 0.2) is 5.60 Å². The maximum absolute atomic E-state index is 13.6. The van der Waals surface area contributed by atoms with Gasteiger partial charge < -0.3 is 20.1 Å². The number of carbonyl (C=O) groups is 2. The van der Waals surface area contributed by atoms with Crippen LogP contribution in [0.4, 0.5) is 0 Å². The van der Waals surface area contributed by atoms with Crippen LogP contribution < -0.4 is 0 Å². The molecule has 1 aliphatic heterocycles. The van der Waals surface area contributed by atoms with Crippen molar-refractivity contribution in [1.82, 2.24) is 0 Å². The summed E-state index contributed by atoms with van der Waals surface area (Å²) in [5, 5.41) is 33.4. The van der Waals surface area contributed by atoms with E-state index in [9.17, 15) is 24.9 Å². The highest BCUT2D eigenvalue weighted by atomic mass is 79.9. The maximum atomic E-state index is 13.6. The van der Waals surface area contributed by atoms with Crippen molar-refractivity contribution in [3.63, 3.8) is 0 Å². The molecule has 0 aliphatic carbocycles. The number of rotatable bonds is 7. The first-order valence-corrected chi connectivity index (χ1v) is 13.8. The molecule has 37 heavy (non-hydrogen) atoms. The van der Waals surface area contributed by atoms with Gasteiger partial charge in [-0.15, -0.1) is 0 Å². The predicted octanol–water partition coefficient (Wildman–Crippen LogP) is 7.03. The molecule has 0 saturated heterocycles. The van der Waals surface area contributed by atoms with Crippen LogP contribution in [0.15, 0.2) is 39.3 Å². The summed E-state index contributed by atoms with van der Waals surface area (Å²) in [6.07, 6.45) is 1.95. The van der Waals surface area contributed by atoms with Gasteiger partial charge in [0.05, 0.1) is 22.3 Å². The van der Waals surface area contributed by atoms with Gasteiger partial charge in [-0.05, 0) is 55.0 Å². The van der Waals surface area contributed by atoms with Crippen LogP contribution in [0.5, 0.6) is 11.5 Å². The molecule has 0 spiro atoms. The number of carboxylic acid groups (broad SMARTS) is 1. The fraction of sp³-hybridized carbons (Fsp3) is 0.310. The van der Waals surface area contributed by atoms with E-state index in [2.05, 4.69) is 31.9 Å². The molecule has 3 N–H and O–H groups in total. The van der Waals surface area contributed by atoms with Crippen molar-refractivity contribution in [2.24, 2.45) is 0 Å². The number of carbonyl (C=O) groups excluding carboxylic acids is 1. The average molecular weight is 632 g/mol. The number of esters is 1. The number of carboxylic acids is 1. The zero-order valence-electron chi connectivity index (χ0n) is 21.0. The number of phenols is 2. The molecule has 0 saturated carbocycles. The van der Waals surface area contributed by atoms with E-state index in [0.29, 0.717) is 59.1 Å². The normalized spacial score (nSPS) is 13.9. The van der Waals surface area contributed by atoms with Gasteiger partial charge in [0.2, 0.25) is 0 Å². The van der Waals surface area contributed by atoms with Crippen molar-refractivity contribution in [3.8, 4) is 11.5 Å². The van der Waals surface area contributed by atoms with Crippen LogP contribution in [0.25, 0.3) is 0 Å². The van der Waals surface area contributed by atoms with Gasteiger partial charge >= 0.3 is 11.9 Å². The Labute approximate surface area is 232 Å². The number of aromatic carboxylic acids is 1. The quantitative estimate of drug-likeness (QED) is 0.242. The Hall–Kier alpha value is -2.84. The number of hydrogen-bond acceptors (Lipinski definition) is 5. The number of aromatic hydroxyl groups is 2. The van der Waals surface area contributed by atoms with Gasteiger partial charge in [-0.1, -0.05) is 71.7 Å². The summed E-state index contributed by atoms with van der Waals surface area (Å²) in [6.45, 7) is 7.66. The van der Waals surface area contributed by atoms with E-state index in [4.69, 9.17) is 4.74 Å². The predicted molar refractivity (Wildman–Crippen MR) is 148 cm³/mol. The van der Waals surface area contributed by atoms with E-state index >= 15 is 0 Å². The standard InChI is InChI=1S/C29H28Br2O6/c1-5-14-12-20(30)16(7-3)25(32)23(14)29(24-15(6-2)13-21(31)17(8-4)26(24)33)19-11-9-10-18(27(34)35)22(19)28(36)37-29/h9-13,32-33H,5-8H2,1-4H3,(H,34,35). The van der Waals surface area contributed by atoms with E-state index in [1.165, 1.54) is 6.07 Å². The Morgan fingerprint density at radius 2 is 1.35 bits per heavy atom. The third-order valence-electron chi connectivity index (χ3n) is 7.16. The van der Waals surface area contributed by atoms with Crippen LogP contribution in [-0.4, -0.2) is 27.3 Å². The largest absolute Gasteiger partial charge is 0.507 e. The second-order valence-electron chi connectivity index (χ2n) is 8.96. The third kappa shape index (κ3) is 3.96. The van der Waals surface area contributed by atoms with Gasteiger partial charge in [-0.2, -0.15) is 0 Å². The molecule has 0 unspecified atom stereocenters. The molecule has 3 aromatic rings. The lowest BCUT2D eigenvalue weighted by molar-refractivity contribution is 0.0231. The smallest absolute Gasteiger partial charge is 0.341 e. The minimum absolute atomic E-state index is 0.0578. The van der Waals surface area contributed by atoms with E-state index in [1.54, 1.807) is 12.1 Å². The van der Waals surface area contributed by atoms with Crippen LogP contribution in [-0.2, 0) is 36.0 Å². The van der Waals surface area contributed by atoms with Crippen molar-refractivity contribution in [3.05, 3.63) is 89.3 Å². The molecule has 3 aromatic carbocycles. The fourth-order valence-electron chi connectivity index (χ4n) is 5.46. The number of cyclic esters (lactones) is 1. The average Bonchev–Trinajstić information content (AvgIpc) is 3.16. The topological polar surface area (TPSA) is 104 Å². The monoisotopic (exact) mass is 630 g/mol. The van der Waals surface area contributed by atoms with Gasteiger partial charge in [-0.25, -0.2) is 9.59 Å². The first-order valence-electron chi connectivity index (χ1n) is 12.3. The zero-order valence-corrected chi connectivity index (χ0v) is 24.2. The summed E-state index contributed by atoms with van der Waals surface area (Å²) in [5.74, 6) is -2.20. The molecule has 8 heteroatoms. The minimum atomic E-state index is -1.77. The highest BCUT2D eigenvalue weighted by molar-refractivity contribution is 9.10. The summed E-state index contributed by atoms with van der Waals surface area (Å²) in [7, 11) is 0. The van der Waals surface area contributed by atoms with Crippen molar-refractivity contribution >= 4 is 43.8 Å². The summed E-state index contributed by atoms with van der Waals surface area (Å²) < 4.78 is 7.69. The van der Waals surface area contributed by atoms with Gasteiger partial charge in [0, 0.05) is 25.6 Å². The lowest BCUT2D eigenvalue weighted by Crippen LogP contribution is -2.33. The molecule has 1 heterocycles. The molecular formula is C29H28Br2O6. The maximum Gasteiger partial charge on any atom is 0.341 e. The number of phenolic OH excluding ortho intramolecular Hbond substituents is 2. The molecule has 0 aromatic heterocycles. The molecule has 4 rings (SSSR count). The molecular weight excluding hydrogens is 604 g/mol. The Morgan fingerprint density at radius 3 is 1.76 bits per heavy atom. The van der Waals surface area contributed by atoms with Gasteiger partial charge in [0.25, 0.3) is 0 Å². The summed E-state index contributed by atoms with van der Waals surface area (Å²) in [6, 6.07) is 8.35. The van der Waals surface area contributed by atoms with Crippen LogP contribution in [0.2, 0.25) is 0 Å². The van der Waals surface area contributed by atoms with E-state index in [-0.39, 0.29) is 28.2 Å². The Kier molecular flexibility index (Phi) is 7.45. The molecule has 0 atom stereocenters. The van der Waals surface area contributed by atoms with Crippen molar-refractivity contribution in [2.75, 3.05) is 0 Å². The fourth-order valence-corrected chi connectivity index (χ4v) is 6.95. The number of ether oxygens (including phenoxy) is 1. The van der Waals surface area contributed by atoms with Crippen molar-refractivity contribution in [2.45, 2.75) is 59.0 Å². The van der Waals surface area contributed by atoms with E-state index in [1.807, 2.05) is 39.8 Å². The molecule has 6 nitrogen and oxygen atoms in total. The lowest BCUT2D eigenvalue weighted by Gasteiger charge is -2.36. The zero-order chi connectivity index (χ0) is 27.2. The summed E-state index contributed by atoms with van der Waals surface area (Å²) in [5.41, 5.74) is 1.54. The minimum Gasteiger partial charge on any atom is -0.507 e.